The van der Waals surface area contributed by atoms with Crippen LogP contribution < -0.4 is 4.74 Å². The van der Waals surface area contributed by atoms with Crippen molar-refractivity contribution in [3.63, 3.8) is 0 Å². The average Bonchev–Trinajstić information content (AvgIpc) is 3.36. The molecule has 4 rings (SSSR count). The van der Waals surface area contributed by atoms with Gasteiger partial charge in [0.25, 0.3) is 0 Å². The SMILES string of the molecule is CCCN1CCCN(C(=O)[C@@H]2C[C@]23CCOc2ccccc23)CC1. The molecule has 24 heavy (non-hydrogen) atoms. The zero-order valence-corrected chi connectivity index (χ0v) is 14.7. The summed E-state index contributed by atoms with van der Waals surface area (Å²) in [5, 5.41) is 0. The van der Waals surface area contributed by atoms with Crippen LogP contribution >= 0.6 is 0 Å². The molecular weight excluding hydrogens is 300 g/mol. The molecule has 4 heteroatoms. The minimum atomic E-state index is 0.0569. The predicted molar refractivity (Wildman–Crippen MR) is 94.3 cm³/mol. The number of rotatable bonds is 3. The molecule has 1 aromatic rings. The van der Waals surface area contributed by atoms with Crippen molar-refractivity contribution < 1.29 is 9.53 Å². The number of carbonyl (C=O) groups excluding carboxylic acids is 1. The highest BCUT2D eigenvalue weighted by atomic mass is 16.5. The van der Waals surface area contributed by atoms with Gasteiger partial charge in [-0.1, -0.05) is 25.1 Å². The third-order valence-corrected chi connectivity index (χ3v) is 6.04. The first-order chi connectivity index (χ1) is 11.7. The summed E-state index contributed by atoms with van der Waals surface area (Å²) in [4.78, 5) is 17.8. The fourth-order valence-electron chi connectivity index (χ4n) is 4.64. The number of carbonyl (C=O) groups is 1. The van der Waals surface area contributed by atoms with E-state index in [1.807, 2.05) is 12.1 Å². The second-order valence-corrected chi connectivity index (χ2v) is 7.53. The summed E-state index contributed by atoms with van der Waals surface area (Å²) < 4.78 is 5.80. The lowest BCUT2D eigenvalue weighted by Gasteiger charge is -2.28. The standard InChI is InChI=1S/C20H28N2O2/c1-2-9-21-10-5-11-22(13-12-21)19(23)17-15-20(17)8-14-24-18-7-4-3-6-16(18)20/h3-4,6-7,17H,2,5,8-15H2,1H3/t17-,20-/m0/s1. The second kappa shape index (κ2) is 6.40. The van der Waals surface area contributed by atoms with Crippen molar-refractivity contribution >= 4 is 5.91 Å². The predicted octanol–water partition coefficient (Wildman–Crippen LogP) is 2.67. The Balaban J connectivity index is 1.46. The van der Waals surface area contributed by atoms with E-state index in [-0.39, 0.29) is 11.3 Å². The quantitative estimate of drug-likeness (QED) is 0.855. The number of benzene rings is 1. The van der Waals surface area contributed by atoms with Crippen LogP contribution in [0.25, 0.3) is 0 Å². The van der Waals surface area contributed by atoms with Gasteiger partial charge in [-0.3, -0.25) is 4.79 Å². The van der Waals surface area contributed by atoms with E-state index < -0.39 is 0 Å². The van der Waals surface area contributed by atoms with E-state index in [0.29, 0.717) is 5.91 Å². The fourth-order valence-corrected chi connectivity index (χ4v) is 4.64. The molecule has 1 saturated carbocycles. The van der Waals surface area contributed by atoms with Crippen molar-refractivity contribution in [1.29, 1.82) is 0 Å². The van der Waals surface area contributed by atoms with Crippen LogP contribution in [-0.4, -0.2) is 55.0 Å². The molecule has 1 spiro atoms. The van der Waals surface area contributed by atoms with Crippen molar-refractivity contribution in [2.24, 2.45) is 5.92 Å². The van der Waals surface area contributed by atoms with Crippen LogP contribution in [-0.2, 0) is 10.2 Å². The molecule has 1 saturated heterocycles. The molecule has 0 unspecified atom stereocenters. The van der Waals surface area contributed by atoms with Crippen LogP contribution in [0.15, 0.2) is 24.3 Å². The van der Waals surface area contributed by atoms with Gasteiger partial charge in [0.2, 0.25) is 5.91 Å². The van der Waals surface area contributed by atoms with Gasteiger partial charge in [0.15, 0.2) is 0 Å². The molecule has 0 N–H and O–H groups in total. The Hall–Kier alpha value is -1.55. The first-order valence-electron chi connectivity index (χ1n) is 9.48. The normalized spacial score (nSPS) is 29.7. The maximum absolute atomic E-state index is 13.1. The van der Waals surface area contributed by atoms with Crippen molar-refractivity contribution in [1.82, 2.24) is 9.80 Å². The van der Waals surface area contributed by atoms with Gasteiger partial charge in [-0.05, 0) is 44.8 Å². The number of nitrogens with zero attached hydrogens (tertiary/aromatic N) is 2. The molecule has 0 radical (unpaired) electrons. The molecule has 1 aromatic carbocycles. The highest BCUT2D eigenvalue weighted by Gasteiger charge is 2.61. The van der Waals surface area contributed by atoms with Crippen molar-refractivity contribution in [3.05, 3.63) is 29.8 Å². The van der Waals surface area contributed by atoms with Crippen LogP contribution in [0.4, 0.5) is 0 Å². The summed E-state index contributed by atoms with van der Waals surface area (Å²) >= 11 is 0. The zero-order valence-electron chi connectivity index (χ0n) is 14.7. The minimum absolute atomic E-state index is 0.0569. The molecule has 2 heterocycles. The molecule has 1 amide bonds. The van der Waals surface area contributed by atoms with E-state index in [9.17, 15) is 4.79 Å². The Bertz CT molecular complexity index is 617. The monoisotopic (exact) mass is 328 g/mol. The van der Waals surface area contributed by atoms with Crippen LogP contribution in [0.3, 0.4) is 0 Å². The van der Waals surface area contributed by atoms with E-state index in [4.69, 9.17) is 4.74 Å². The maximum atomic E-state index is 13.1. The topological polar surface area (TPSA) is 32.8 Å². The molecule has 4 nitrogen and oxygen atoms in total. The average molecular weight is 328 g/mol. The van der Waals surface area contributed by atoms with Crippen LogP contribution in [0.5, 0.6) is 5.75 Å². The number of fused-ring (bicyclic) bond motifs is 2. The molecule has 2 aliphatic heterocycles. The molecule has 2 fully saturated rings. The maximum Gasteiger partial charge on any atom is 0.226 e. The minimum Gasteiger partial charge on any atom is -0.493 e. The fraction of sp³-hybridized carbons (Fsp3) is 0.650. The van der Waals surface area contributed by atoms with E-state index in [2.05, 4.69) is 28.9 Å². The molecule has 130 valence electrons. The van der Waals surface area contributed by atoms with Gasteiger partial charge in [-0.25, -0.2) is 0 Å². The summed E-state index contributed by atoms with van der Waals surface area (Å²) in [7, 11) is 0. The lowest BCUT2D eigenvalue weighted by atomic mass is 9.87. The highest BCUT2D eigenvalue weighted by molar-refractivity contribution is 5.85. The summed E-state index contributed by atoms with van der Waals surface area (Å²) in [5.41, 5.74) is 1.32. The van der Waals surface area contributed by atoms with Crippen molar-refractivity contribution in [2.75, 3.05) is 39.3 Å². The molecular formula is C20H28N2O2. The number of para-hydroxylation sites is 1. The van der Waals surface area contributed by atoms with E-state index in [0.717, 1.165) is 64.3 Å². The highest BCUT2D eigenvalue weighted by Crippen LogP contribution is 2.61. The molecule has 0 bridgehead atoms. The summed E-state index contributed by atoms with van der Waals surface area (Å²) in [6.07, 6.45) is 4.28. The molecule has 1 aliphatic carbocycles. The second-order valence-electron chi connectivity index (χ2n) is 7.53. The van der Waals surface area contributed by atoms with Crippen molar-refractivity contribution in [3.8, 4) is 5.75 Å². The van der Waals surface area contributed by atoms with Crippen LogP contribution in [0, 0.1) is 5.92 Å². The van der Waals surface area contributed by atoms with Gasteiger partial charge >= 0.3 is 0 Å². The molecule has 0 aromatic heterocycles. The van der Waals surface area contributed by atoms with E-state index >= 15 is 0 Å². The third kappa shape index (κ3) is 2.71. The van der Waals surface area contributed by atoms with Crippen LogP contribution in [0.1, 0.15) is 38.2 Å². The number of hydrogen-bond acceptors (Lipinski definition) is 3. The van der Waals surface area contributed by atoms with Gasteiger partial charge in [0.1, 0.15) is 5.75 Å². The van der Waals surface area contributed by atoms with Gasteiger partial charge < -0.3 is 14.5 Å². The molecule has 3 aliphatic rings. The van der Waals surface area contributed by atoms with Crippen LogP contribution in [0.2, 0.25) is 0 Å². The number of ether oxygens (including phenoxy) is 1. The first kappa shape index (κ1) is 15.9. The van der Waals surface area contributed by atoms with E-state index in [1.165, 1.54) is 12.0 Å². The Kier molecular flexibility index (Phi) is 4.25. The summed E-state index contributed by atoms with van der Waals surface area (Å²) in [5.74, 6) is 1.54. The smallest absolute Gasteiger partial charge is 0.226 e. The van der Waals surface area contributed by atoms with Gasteiger partial charge in [-0.2, -0.15) is 0 Å². The Morgan fingerprint density at radius 3 is 3.00 bits per heavy atom. The Labute approximate surface area is 144 Å². The van der Waals surface area contributed by atoms with Gasteiger partial charge in [0, 0.05) is 36.5 Å². The Morgan fingerprint density at radius 2 is 2.12 bits per heavy atom. The Morgan fingerprint density at radius 1 is 1.25 bits per heavy atom. The lowest BCUT2D eigenvalue weighted by Crippen LogP contribution is -2.38. The first-order valence-corrected chi connectivity index (χ1v) is 9.48. The van der Waals surface area contributed by atoms with Gasteiger partial charge in [0.05, 0.1) is 6.61 Å². The molecule has 2 atom stereocenters. The third-order valence-electron chi connectivity index (χ3n) is 6.04. The number of hydrogen-bond donors (Lipinski definition) is 0. The summed E-state index contributed by atoms with van der Waals surface area (Å²) in [6, 6.07) is 8.30. The van der Waals surface area contributed by atoms with Crippen molar-refractivity contribution in [2.45, 2.75) is 38.0 Å². The van der Waals surface area contributed by atoms with Gasteiger partial charge in [-0.15, -0.1) is 0 Å². The summed E-state index contributed by atoms with van der Waals surface area (Å²) in [6.45, 7) is 8.09. The van der Waals surface area contributed by atoms with E-state index in [1.54, 1.807) is 0 Å². The largest absolute Gasteiger partial charge is 0.493 e. The zero-order chi connectivity index (χ0) is 16.6. The number of amides is 1. The lowest BCUT2D eigenvalue weighted by molar-refractivity contribution is -0.133.